The van der Waals surface area contributed by atoms with Gasteiger partial charge in [-0.25, -0.2) is 0 Å². The molecule has 0 saturated carbocycles. The quantitative estimate of drug-likeness (QED) is 0.631. The molecular formula is C21H20N2O4. The van der Waals surface area contributed by atoms with Crippen LogP contribution in [0.5, 0.6) is 5.75 Å². The second-order valence-electron chi connectivity index (χ2n) is 6.14. The molecule has 6 heteroatoms. The fourth-order valence-electron chi connectivity index (χ4n) is 2.77. The number of carbonyl (C=O) groups is 2. The van der Waals surface area contributed by atoms with Gasteiger partial charge in [-0.2, -0.15) is 0 Å². The number of nitrogens with one attached hydrogen (secondary N) is 2. The maximum Gasteiger partial charge on any atom is 0.253 e. The van der Waals surface area contributed by atoms with Crippen LogP contribution in [0.15, 0.2) is 59.4 Å². The van der Waals surface area contributed by atoms with Crippen LogP contribution in [0.2, 0.25) is 0 Å². The molecular weight excluding hydrogens is 344 g/mol. The lowest BCUT2D eigenvalue weighted by Crippen LogP contribution is -2.27. The van der Waals surface area contributed by atoms with Crippen molar-refractivity contribution in [3.8, 4) is 5.75 Å². The highest BCUT2D eigenvalue weighted by Crippen LogP contribution is 2.15. The van der Waals surface area contributed by atoms with Crippen LogP contribution in [-0.2, 0) is 11.3 Å². The van der Waals surface area contributed by atoms with E-state index >= 15 is 0 Å². The number of rotatable bonds is 7. The molecule has 0 spiro atoms. The van der Waals surface area contributed by atoms with Crippen LogP contribution in [0.1, 0.15) is 28.8 Å². The smallest absolute Gasteiger partial charge is 0.253 e. The average Bonchev–Trinajstić information content (AvgIpc) is 2.70. The predicted molar refractivity (Wildman–Crippen MR) is 103 cm³/mol. The van der Waals surface area contributed by atoms with Crippen LogP contribution in [0.4, 0.5) is 0 Å². The van der Waals surface area contributed by atoms with Gasteiger partial charge in [-0.05, 0) is 29.7 Å². The van der Waals surface area contributed by atoms with Crippen molar-refractivity contribution in [1.29, 1.82) is 0 Å². The molecule has 1 amide bonds. The molecule has 0 saturated heterocycles. The number of pyridine rings is 1. The van der Waals surface area contributed by atoms with Crippen LogP contribution in [0.3, 0.4) is 0 Å². The summed E-state index contributed by atoms with van der Waals surface area (Å²) in [6, 6.07) is 16.0. The van der Waals surface area contributed by atoms with Gasteiger partial charge in [0.1, 0.15) is 5.75 Å². The second kappa shape index (κ2) is 8.31. The number of hydrogen-bond donors (Lipinski definition) is 2. The topological polar surface area (TPSA) is 88.3 Å². The Morgan fingerprint density at radius 2 is 1.85 bits per heavy atom. The number of benzene rings is 2. The number of aromatic nitrogens is 1. The molecule has 0 fully saturated rings. The minimum absolute atomic E-state index is 0.0571. The predicted octanol–water partition coefficient (Wildman–Crippen LogP) is 2.82. The van der Waals surface area contributed by atoms with Crippen LogP contribution in [-0.4, -0.2) is 23.8 Å². The lowest BCUT2D eigenvalue weighted by Gasteiger charge is -2.07. The molecule has 138 valence electrons. The third-order valence-electron chi connectivity index (χ3n) is 4.28. The number of aromatic amines is 1. The van der Waals surface area contributed by atoms with E-state index < -0.39 is 0 Å². The Morgan fingerprint density at radius 3 is 2.67 bits per heavy atom. The first-order valence-corrected chi connectivity index (χ1v) is 8.62. The number of fused-ring (bicyclic) bond motifs is 1. The van der Waals surface area contributed by atoms with Gasteiger partial charge in [-0.3, -0.25) is 14.4 Å². The van der Waals surface area contributed by atoms with E-state index in [0.29, 0.717) is 16.9 Å². The van der Waals surface area contributed by atoms with E-state index in [1.54, 1.807) is 30.3 Å². The van der Waals surface area contributed by atoms with E-state index in [0.717, 1.165) is 10.9 Å². The lowest BCUT2D eigenvalue weighted by molar-refractivity contribution is -0.121. The summed E-state index contributed by atoms with van der Waals surface area (Å²) in [5.74, 6) is 0.187. The van der Waals surface area contributed by atoms with Gasteiger partial charge in [0.2, 0.25) is 5.91 Å². The number of ether oxygens (including phenoxy) is 1. The summed E-state index contributed by atoms with van der Waals surface area (Å²) >= 11 is 0. The van der Waals surface area contributed by atoms with Gasteiger partial charge < -0.3 is 15.0 Å². The first-order chi connectivity index (χ1) is 13.1. The summed E-state index contributed by atoms with van der Waals surface area (Å²) in [5, 5.41) is 3.60. The lowest BCUT2D eigenvalue weighted by atomic mass is 10.1. The van der Waals surface area contributed by atoms with Gasteiger partial charge in [0, 0.05) is 36.0 Å². The zero-order valence-corrected chi connectivity index (χ0v) is 15.0. The molecule has 0 aliphatic heterocycles. The van der Waals surface area contributed by atoms with Crippen LogP contribution < -0.4 is 15.6 Å². The highest BCUT2D eigenvalue weighted by molar-refractivity contribution is 5.98. The number of H-pyrrole nitrogens is 1. The largest absolute Gasteiger partial charge is 0.497 e. The van der Waals surface area contributed by atoms with Crippen molar-refractivity contribution in [3.63, 3.8) is 0 Å². The average molecular weight is 364 g/mol. The number of ketones is 1. The molecule has 2 N–H and O–H groups in total. The number of Topliss-reactive ketones (excluding diaryl/α,β-unsaturated/α-hetero) is 1. The number of carbonyl (C=O) groups excluding carboxylic acids is 2. The Balaban J connectivity index is 1.56. The summed E-state index contributed by atoms with van der Waals surface area (Å²) in [7, 11) is 1.53. The van der Waals surface area contributed by atoms with E-state index in [1.165, 1.54) is 7.11 Å². The van der Waals surface area contributed by atoms with Gasteiger partial charge in [-0.15, -0.1) is 0 Å². The Hall–Kier alpha value is -3.41. The molecule has 0 aliphatic rings. The first-order valence-electron chi connectivity index (χ1n) is 8.62. The van der Waals surface area contributed by atoms with Gasteiger partial charge in [0.25, 0.3) is 5.56 Å². The van der Waals surface area contributed by atoms with Crippen LogP contribution in [0, 0.1) is 0 Å². The van der Waals surface area contributed by atoms with Crippen molar-refractivity contribution in [2.45, 2.75) is 19.4 Å². The standard InChI is InChI=1S/C21H20N2O4/c1-27-17-7-4-6-15(12-17)19(24)9-10-20(25)22-13-16-11-14-5-2-3-8-18(14)23-21(16)26/h2-8,11-12H,9-10,13H2,1H3,(H,22,25)(H,23,26). The van der Waals surface area contributed by atoms with Crippen LogP contribution >= 0.6 is 0 Å². The molecule has 0 aliphatic carbocycles. The third kappa shape index (κ3) is 4.61. The molecule has 2 aromatic carbocycles. The van der Waals surface area contributed by atoms with Gasteiger partial charge in [0.05, 0.1) is 7.11 Å². The molecule has 1 heterocycles. The number of amides is 1. The molecule has 3 aromatic rings. The van der Waals surface area contributed by atoms with E-state index in [-0.39, 0.29) is 36.6 Å². The zero-order chi connectivity index (χ0) is 19.2. The highest BCUT2D eigenvalue weighted by atomic mass is 16.5. The summed E-state index contributed by atoms with van der Waals surface area (Å²) < 4.78 is 5.10. The number of methoxy groups -OCH3 is 1. The first kappa shape index (κ1) is 18.4. The summed E-state index contributed by atoms with van der Waals surface area (Å²) in [6.07, 6.45) is 0.147. The fourth-order valence-corrected chi connectivity index (χ4v) is 2.77. The number of hydrogen-bond acceptors (Lipinski definition) is 4. The SMILES string of the molecule is COc1cccc(C(=O)CCC(=O)NCc2cc3ccccc3[nH]c2=O)c1. The van der Waals surface area contributed by atoms with Crippen molar-refractivity contribution in [2.24, 2.45) is 0 Å². The molecule has 27 heavy (non-hydrogen) atoms. The Kier molecular flexibility index (Phi) is 5.66. The van der Waals surface area contributed by atoms with Gasteiger partial charge >= 0.3 is 0 Å². The molecule has 3 rings (SSSR count). The maximum atomic E-state index is 12.2. The van der Waals surface area contributed by atoms with Crippen molar-refractivity contribution in [2.75, 3.05) is 7.11 Å². The van der Waals surface area contributed by atoms with E-state index in [2.05, 4.69) is 10.3 Å². The Labute approximate surface area is 156 Å². The minimum atomic E-state index is -0.279. The second-order valence-corrected chi connectivity index (χ2v) is 6.14. The summed E-state index contributed by atoms with van der Waals surface area (Å²) in [6.45, 7) is 0.117. The highest BCUT2D eigenvalue weighted by Gasteiger charge is 2.11. The molecule has 0 atom stereocenters. The van der Waals surface area contributed by atoms with Crippen LogP contribution in [0.25, 0.3) is 10.9 Å². The molecule has 1 aromatic heterocycles. The van der Waals surface area contributed by atoms with Gasteiger partial charge in [0.15, 0.2) is 5.78 Å². The minimum Gasteiger partial charge on any atom is -0.497 e. The monoisotopic (exact) mass is 364 g/mol. The molecule has 0 bridgehead atoms. The normalized spacial score (nSPS) is 10.6. The van der Waals surface area contributed by atoms with Crippen molar-refractivity contribution < 1.29 is 14.3 Å². The maximum absolute atomic E-state index is 12.2. The van der Waals surface area contributed by atoms with Crippen molar-refractivity contribution >= 4 is 22.6 Å². The van der Waals surface area contributed by atoms with Crippen molar-refractivity contribution in [3.05, 3.63) is 76.1 Å². The molecule has 0 unspecified atom stereocenters. The van der Waals surface area contributed by atoms with Gasteiger partial charge in [-0.1, -0.05) is 30.3 Å². The number of para-hydroxylation sites is 1. The zero-order valence-electron chi connectivity index (χ0n) is 15.0. The van der Waals surface area contributed by atoms with Crippen molar-refractivity contribution in [1.82, 2.24) is 10.3 Å². The Bertz CT molecular complexity index is 1040. The third-order valence-corrected chi connectivity index (χ3v) is 4.28. The summed E-state index contributed by atoms with van der Waals surface area (Å²) in [4.78, 5) is 39.1. The molecule has 6 nitrogen and oxygen atoms in total. The van der Waals surface area contributed by atoms with E-state index in [9.17, 15) is 14.4 Å². The Morgan fingerprint density at radius 1 is 1.04 bits per heavy atom. The van der Waals surface area contributed by atoms with E-state index in [1.807, 2.05) is 24.3 Å². The van der Waals surface area contributed by atoms with E-state index in [4.69, 9.17) is 4.74 Å². The summed E-state index contributed by atoms with van der Waals surface area (Å²) in [5.41, 5.74) is 1.50. The fraction of sp³-hybridized carbons (Fsp3) is 0.190. The molecule has 0 radical (unpaired) electrons.